The quantitative estimate of drug-likeness (QED) is 0.579. The highest BCUT2D eigenvalue weighted by Crippen LogP contribution is 2.37. The molecule has 4 heteroatoms. The summed E-state index contributed by atoms with van der Waals surface area (Å²) in [6.45, 7) is 6.97. The molecule has 0 saturated heterocycles. The van der Waals surface area contributed by atoms with E-state index in [0.717, 1.165) is 56.3 Å². The SMILES string of the molecule is CCC1CCC(OC2CCC(C)CC2OC)C(OC2CCC(C)CC2OC)C1. The molecule has 0 N–H and O–H groups in total. The van der Waals surface area contributed by atoms with Crippen LogP contribution in [0.2, 0.25) is 0 Å². The van der Waals surface area contributed by atoms with E-state index >= 15 is 0 Å². The summed E-state index contributed by atoms with van der Waals surface area (Å²) in [5.41, 5.74) is 0. The van der Waals surface area contributed by atoms with Crippen molar-refractivity contribution >= 4 is 0 Å². The Bertz CT molecular complexity index is 456. The highest BCUT2D eigenvalue weighted by atomic mass is 16.6. The molecule has 4 nitrogen and oxygen atoms in total. The molecule has 0 aromatic carbocycles. The summed E-state index contributed by atoms with van der Waals surface area (Å²) in [4.78, 5) is 0. The minimum Gasteiger partial charge on any atom is -0.379 e. The van der Waals surface area contributed by atoms with Gasteiger partial charge in [-0.1, -0.05) is 27.2 Å². The van der Waals surface area contributed by atoms with E-state index in [0.29, 0.717) is 0 Å². The Kier molecular flexibility index (Phi) is 8.64. The lowest BCUT2D eigenvalue weighted by atomic mass is 9.82. The molecule has 0 aromatic rings. The molecule has 0 spiro atoms. The standard InChI is InChI=1S/C24H44O4/c1-6-18-9-12-21(27-19-10-7-16(2)13-22(19)25-4)24(15-18)28-20-11-8-17(3)14-23(20)26-5/h16-24H,6-15H2,1-5H3. The first-order valence-corrected chi connectivity index (χ1v) is 11.9. The van der Waals surface area contributed by atoms with Crippen molar-refractivity contribution in [1.82, 2.24) is 0 Å². The van der Waals surface area contributed by atoms with E-state index in [4.69, 9.17) is 18.9 Å². The van der Waals surface area contributed by atoms with Crippen LogP contribution in [-0.2, 0) is 18.9 Å². The van der Waals surface area contributed by atoms with Gasteiger partial charge in [-0.3, -0.25) is 0 Å². The number of hydrogen-bond acceptors (Lipinski definition) is 4. The minimum atomic E-state index is 0.201. The maximum atomic E-state index is 6.77. The molecule has 3 aliphatic rings. The highest BCUT2D eigenvalue weighted by Gasteiger charge is 2.40. The van der Waals surface area contributed by atoms with Crippen molar-refractivity contribution in [2.45, 2.75) is 122 Å². The second kappa shape index (κ2) is 10.7. The third-order valence-electron chi connectivity index (χ3n) is 7.71. The van der Waals surface area contributed by atoms with Gasteiger partial charge in [0.2, 0.25) is 0 Å². The molecule has 164 valence electrons. The second-order valence-electron chi connectivity index (χ2n) is 9.90. The van der Waals surface area contributed by atoms with Crippen LogP contribution in [0.25, 0.3) is 0 Å². The number of hydrogen-bond donors (Lipinski definition) is 0. The molecule has 0 heterocycles. The molecular weight excluding hydrogens is 352 g/mol. The molecule has 9 atom stereocenters. The smallest absolute Gasteiger partial charge is 0.0844 e. The van der Waals surface area contributed by atoms with E-state index in [1.165, 1.54) is 25.7 Å². The monoisotopic (exact) mass is 396 g/mol. The Balaban J connectivity index is 1.64. The fraction of sp³-hybridized carbons (Fsp3) is 1.00. The van der Waals surface area contributed by atoms with Gasteiger partial charge in [0.15, 0.2) is 0 Å². The van der Waals surface area contributed by atoms with Crippen molar-refractivity contribution in [3.63, 3.8) is 0 Å². The van der Waals surface area contributed by atoms with Crippen LogP contribution in [0.4, 0.5) is 0 Å². The molecule has 3 saturated carbocycles. The molecule has 0 bridgehead atoms. The number of ether oxygens (including phenoxy) is 4. The van der Waals surface area contributed by atoms with E-state index in [1.54, 1.807) is 0 Å². The summed E-state index contributed by atoms with van der Waals surface area (Å²) >= 11 is 0. The Labute approximate surface area is 173 Å². The van der Waals surface area contributed by atoms with Gasteiger partial charge in [0.25, 0.3) is 0 Å². The summed E-state index contributed by atoms with van der Waals surface area (Å²) in [5.74, 6) is 2.23. The summed E-state index contributed by atoms with van der Waals surface area (Å²) in [6, 6.07) is 0. The maximum absolute atomic E-state index is 6.77. The molecule has 3 aliphatic carbocycles. The summed E-state index contributed by atoms with van der Waals surface area (Å²) in [7, 11) is 3.68. The van der Waals surface area contributed by atoms with E-state index in [2.05, 4.69) is 20.8 Å². The van der Waals surface area contributed by atoms with E-state index in [9.17, 15) is 0 Å². The van der Waals surface area contributed by atoms with Gasteiger partial charge in [-0.15, -0.1) is 0 Å². The second-order valence-corrected chi connectivity index (χ2v) is 9.90. The molecule has 0 aliphatic heterocycles. The molecule has 9 unspecified atom stereocenters. The zero-order chi connectivity index (χ0) is 20.1. The lowest BCUT2D eigenvalue weighted by molar-refractivity contribution is -0.197. The van der Waals surface area contributed by atoms with Crippen molar-refractivity contribution in [1.29, 1.82) is 0 Å². The lowest BCUT2D eigenvalue weighted by Gasteiger charge is -2.44. The molecule has 0 aromatic heterocycles. The van der Waals surface area contributed by atoms with E-state index < -0.39 is 0 Å². The van der Waals surface area contributed by atoms with Crippen LogP contribution in [0.3, 0.4) is 0 Å². The Morgan fingerprint density at radius 1 is 0.571 bits per heavy atom. The van der Waals surface area contributed by atoms with Crippen LogP contribution in [-0.4, -0.2) is 50.8 Å². The predicted molar refractivity (Wildman–Crippen MR) is 113 cm³/mol. The topological polar surface area (TPSA) is 36.9 Å². The molecule has 0 radical (unpaired) electrons. The summed E-state index contributed by atoms with van der Waals surface area (Å²) in [6.07, 6.45) is 13.0. The molecule has 0 amide bonds. The average Bonchev–Trinajstić information content (AvgIpc) is 2.71. The van der Waals surface area contributed by atoms with Crippen molar-refractivity contribution in [3.05, 3.63) is 0 Å². The fourth-order valence-electron chi connectivity index (χ4n) is 5.71. The first-order valence-electron chi connectivity index (χ1n) is 11.9. The largest absolute Gasteiger partial charge is 0.379 e. The van der Waals surface area contributed by atoms with Gasteiger partial charge >= 0.3 is 0 Å². The Morgan fingerprint density at radius 2 is 1.04 bits per heavy atom. The first-order chi connectivity index (χ1) is 13.5. The molecule has 28 heavy (non-hydrogen) atoms. The van der Waals surface area contributed by atoms with Crippen LogP contribution in [0.15, 0.2) is 0 Å². The van der Waals surface area contributed by atoms with Gasteiger partial charge in [0, 0.05) is 14.2 Å². The fourth-order valence-corrected chi connectivity index (χ4v) is 5.71. The van der Waals surface area contributed by atoms with Gasteiger partial charge in [0.1, 0.15) is 0 Å². The predicted octanol–water partition coefficient (Wildman–Crippen LogP) is 5.37. The van der Waals surface area contributed by atoms with Gasteiger partial charge in [0.05, 0.1) is 36.6 Å². The first kappa shape index (κ1) is 22.5. The van der Waals surface area contributed by atoms with Crippen LogP contribution in [0, 0.1) is 17.8 Å². The zero-order valence-corrected chi connectivity index (χ0v) is 18.9. The average molecular weight is 397 g/mol. The van der Waals surface area contributed by atoms with Crippen LogP contribution in [0.5, 0.6) is 0 Å². The van der Waals surface area contributed by atoms with Crippen molar-refractivity contribution < 1.29 is 18.9 Å². The van der Waals surface area contributed by atoms with E-state index in [1.807, 2.05) is 14.2 Å². The van der Waals surface area contributed by atoms with Crippen molar-refractivity contribution in [3.8, 4) is 0 Å². The Hall–Kier alpha value is -0.160. The van der Waals surface area contributed by atoms with Crippen LogP contribution >= 0.6 is 0 Å². The summed E-state index contributed by atoms with van der Waals surface area (Å²) < 4.78 is 25.1. The van der Waals surface area contributed by atoms with Gasteiger partial charge in [-0.25, -0.2) is 0 Å². The summed E-state index contributed by atoms with van der Waals surface area (Å²) in [5, 5.41) is 0. The third kappa shape index (κ3) is 5.71. The van der Waals surface area contributed by atoms with Gasteiger partial charge in [-0.05, 0) is 75.5 Å². The van der Waals surface area contributed by atoms with Gasteiger partial charge in [-0.2, -0.15) is 0 Å². The third-order valence-corrected chi connectivity index (χ3v) is 7.71. The highest BCUT2D eigenvalue weighted by molar-refractivity contribution is 4.89. The number of rotatable bonds is 7. The zero-order valence-electron chi connectivity index (χ0n) is 18.9. The minimum absolute atomic E-state index is 0.201. The van der Waals surface area contributed by atoms with Crippen LogP contribution < -0.4 is 0 Å². The van der Waals surface area contributed by atoms with Crippen LogP contribution in [0.1, 0.15) is 85.0 Å². The van der Waals surface area contributed by atoms with Gasteiger partial charge < -0.3 is 18.9 Å². The lowest BCUT2D eigenvalue weighted by Crippen LogP contribution is -2.48. The molecular formula is C24H44O4. The van der Waals surface area contributed by atoms with E-state index in [-0.39, 0.29) is 36.6 Å². The molecule has 3 rings (SSSR count). The van der Waals surface area contributed by atoms with Crippen molar-refractivity contribution in [2.24, 2.45) is 17.8 Å². The maximum Gasteiger partial charge on any atom is 0.0844 e. The molecule has 3 fully saturated rings. The Morgan fingerprint density at radius 3 is 1.54 bits per heavy atom. The van der Waals surface area contributed by atoms with Crippen molar-refractivity contribution in [2.75, 3.05) is 14.2 Å². The normalized spacial score (nSPS) is 45.1. The number of methoxy groups -OCH3 is 2.